The van der Waals surface area contributed by atoms with Gasteiger partial charge in [0.15, 0.2) is 0 Å². The van der Waals surface area contributed by atoms with E-state index in [9.17, 15) is 13.2 Å². The molecular weight excluding hydrogens is 200 g/mol. The van der Waals surface area contributed by atoms with E-state index in [0.717, 1.165) is 6.08 Å². The Labute approximate surface area is 75.8 Å². The molecule has 0 radical (unpaired) electrons. The van der Waals surface area contributed by atoms with E-state index in [1.165, 1.54) is 13.8 Å². The van der Waals surface area contributed by atoms with Crippen molar-refractivity contribution < 1.29 is 27.1 Å². The van der Waals surface area contributed by atoms with Crippen LogP contribution in [0.3, 0.4) is 0 Å². The van der Waals surface area contributed by atoms with Crippen LogP contribution in [0.4, 0.5) is 0 Å². The van der Waals surface area contributed by atoms with Gasteiger partial charge in [-0.05, 0) is 19.9 Å². The average Bonchev–Trinajstić information content (AvgIpc) is 1.81. The molecule has 1 unspecified atom stereocenters. The summed E-state index contributed by atoms with van der Waals surface area (Å²) in [5.41, 5.74) is -0.0591. The number of hydrogen-bond donors (Lipinski definition) is 2. The van der Waals surface area contributed by atoms with E-state index in [2.05, 4.69) is 4.18 Å². The van der Waals surface area contributed by atoms with E-state index >= 15 is 0 Å². The highest BCUT2D eigenvalue weighted by Crippen LogP contribution is 2.02. The summed E-state index contributed by atoms with van der Waals surface area (Å²) in [6.07, 6.45) is 0.0573. The minimum Gasteiger partial charge on any atom is -0.478 e. The molecule has 6 nitrogen and oxygen atoms in total. The lowest BCUT2D eigenvalue weighted by molar-refractivity contribution is -0.132. The first-order valence-electron chi connectivity index (χ1n) is 3.30. The molecule has 76 valence electrons. The van der Waals surface area contributed by atoms with Gasteiger partial charge in [-0.25, -0.2) is 8.98 Å². The Hall–Kier alpha value is -0.920. The predicted molar refractivity (Wildman–Crippen MR) is 43.5 cm³/mol. The monoisotopic (exact) mass is 210 g/mol. The van der Waals surface area contributed by atoms with E-state index in [1.807, 2.05) is 0 Å². The van der Waals surface area contributed by atoms with Gasteiger partial charge in [-0.3, -0.25) is 4.55 Å². The van der Waals surface area contributed by atoms with Gasteiger partial charge in [-0.1, -0.05) is 0 Å². The van der Waals surface area contributed by atoms with Crippen LogP contribution in [0.25, 0.3) is 0 Å². The summed E-state index contributed by atoms with van der Waals surface area (Å²) < 4.78 is 32.6. The molecule has 0 heterocycles. The van der Waals surface area contributed by atoms with Gasteiger partial charge in [0.25, 0.3) is 0 Å². The standard InChI is InChI=1S/C6H10O6S/c1-4(6(7)8)3-5(2)12-13(9,10)11/h3,5H,1-2H3,(H,7,8)(H,9,10,11). The summed E-state index contributed by atoms with van der Waals surface area (Å²) in [5.74, 6) is -1.18. The van der Waals surface area contributed by atoms with Crippen LogP contribution < -0.4 is 0 Å². The molecule has 7 heteroatoms. The molecule has 13 heavy (non-hydrogen) atoms. The maximum absolute atomic E-state index is 10.3. The molecule has 0 aliphatic heterocycles. The Balaban J connectivity index is 4.40. The maximum atomic E-state index is 10.3. The second-order valence-electron chi connectivity index (χ2n) is 2.38. The second-order valence-corrected chi connectivity index (χ2v) is 3.43. The van der Waals surface area contributed by atoms with Crippen LogP contribution in [0.5, 0.6) is 0 Å². The lowest BCUT2D eigenvalue weighted by atomic mass is 10.2. The summed E-state index contributed by atoms with van der Waals surface area (Å²) in [4.78, 5) is 10.3. The van der Waals surface area contributed by atoms with Crippen molar-refractivity contribution in [3.8, 4) is 0 Å². The molecule has 0 aromatic carbocycles. The average molecular weight is 210 g/mol. The first-order valence-corrected chi connectivity index (χ1v) is 4.66. The highest BCUT2D eigenvalue weighted by Gasteiger charge is 2.11. The Morgan fingerprint density at radius 1 is 1.54 bits per heavy atom. The number of carbonyl (C=O) groups is 1. The SMILES string of the molecule is CC(=CC(C)OS(=O)(=O)O)C(=O)O. The lowest BCUT2D eigenvalue weighted by Gasteiger charge is -2.04. The zero-order valence-electron chi connectivity index (χ0n) is 7.09. The minimum atomic E-state index is -4.53. The fourth-order valence-corrected chi connectivity index (χ4v) is 1.08. The van der Waals surface area contributed by atoms with E-state index in [1.54, 1.807) is 0 Å². The van der Waals surface area contributed by atoms with Gasteiger partial charge in [0, 0.05) is 5.57 Å². The molecule has 2 N–H and O–H groups in total. The molecule has 0 aliphatic rings. The Bertz CT molecular complexity index is 314. The second kappa shape index (κ2) is 4.35. The molecule has 0 saturated carbocycles. The van der Waals surface area contributed by atoms with Gasteiger partial charge < -0.3 is 5.11 Å². The molecular formula is C6H10O6S. The Morgan fingerprint density at radius 2 is 2.00 bits per heavy atom. The normalized spacial score (nSPS) is 15.5. The minimum absolute atomic E-state index is 0.0591. The Morgan fingerprint density at radius 3 is 2.31 bits per heavy atom. The van der Waals surface area contributed by atoms with Crippen LogP contribution in [0, 0.1) is 0 Å². The number of hydrogen-bond acceptors (Lipinski definition) is 4. The number of carboxylic acids is 1. The van der Waals surface area contributed by atoms with Crippen LogP contribution in [0.1, 0.15) is 13.8 Å². The summed E-state index contributed by atoms with van der Waals surface area (Å²) in [5, 5.41) is 8.39. The van der Waals surface area contributed by atoms with Gasteiger partial charge in [-0.15, -0.1) is 0 Å². The third-order valence-electron chi connectivity index (χ3n) is 1.10. The van der Waals surface area contributed by atoms with Crippen molar-refractivity contribution in [2.75, 3.05) is 0 Å². The van der Waals surface area contributed by atoms with Gasteiger partial charge in [0.2, 0.25) is 0 Å². The van der Waals surface area contributed by atoms with Crippen molar-refractivity contribution in [3.05, 3.63) is 11.6 Å². The molecule has 0 amide bonds. The van der Waals surface area contributed by atoms with E-state index < -0.39 is 22.5 Å². The van der Waals surface area contributed by atoms with Crippen molar-refractivity contribution in [2.45, 2.75) is 20.0 Å². The Kier molecular flexibility index (Phi) is 4.05. The number of aliphatic carboxylic acids is 1. The van der Waals surface area contributed by atoms with Gasteiger partial charge in [0.1, 0.15) is 0 Å². The molecule has 0 rings (SSSR count). The van der Waals surface area contributed by atoms with Crippen molar-refractivity contribution in [3.63, 3.8) is 0 Å². The summed E-state index contributed by atoms with van der Waals surface area (Å²) in [7, 11) is -4.53. The quantitative estimate of drug-likeness (QED) is 0.508. The molecule has 0 spiro atoms. The zero-order valence-corrected chi connectivity index (χ0v) is 7.91. The van der Waals surface area contributed by atoms with Crippen LogP contribution in [0.2, 0.25) is 0 Å². The van der Waals surface area contributed by atoms with Crippen LogP contribution >= 0.6 is 0 Å². The molecule has 0 aromatic heterocycles. The fraction of sp³-hybridized carbons (Fsp3) is 0.500. The van der Waals surface area contributed by atoms with Gasteiger partial charge >= 0.3 is 16.4 Å². The van der Waals surface area contributed by atoms with E-state index in [4.69, 9.17) is 9.66 Å². The molecule has 0 aliphatic carbocycles. The zero-order chi connectivity index (χ0) is 10.6. The molecule has 0 saturated heterocycles. The molecule has 1 atom stereocenters. The smallest absolute Gasteiger partial charge is 0.397 e. The lowest BCUT2D eigenvalue weighted by Crippen LogP contribution is -2.13. The molecule has 0 bridgehead atoms. The van der Waals surface area contributed by atoms with Crippen molar-refractivity contribution in [2.24, 2.45) is 0 Å². The first-order chi connectivity index (χ1) is 5.72. The summed E-state index contributed by atoms with van der Waals surface area (Å²) >= 11 is 0. The topological polar surface area (TPSA) is 101 Å². The van der Waals surface area contributed by atoms with Gasteiger partial charge in [-0.2, -0.15) is 8.42 Å². The highest BCUT2D eigenvalue weighted by molar-refractivity contribution is 7.80. The van der Waals surface area contributed by atoms with Crippen molar-refractivity contribution in [1.29, 1.82) is 0 Å². The maximum Gasteiger partial charge on any atom is 0.397 e. The molecule has 0 fully saturated rings. The number of carboxylic acid groups (broad SMARTS) is 1. The van der Waals surface area contributed by atoms with E-state index in [-0.39, 0.29) is 5.57 Å². The van der Waals surface area contributed by atoms with Crippen LogP contribution in [0.15, 0.2) is 11.6 Å². The fourth-order valence-electron chi connectivity index (χ4n) is 0.643. The van der Waals surface area contributed by atoms with Gasteiger partial charge in [0.05, 0.1) is 6.10 Å². The number of rotatable bonds is 4. The van der Waals surface area contributed by atoms with Crippen molar-refractivity contribution in [1.82, 2.24) is 0 Å². The third kappa shape index (κ3) is 6.26. The first kappa shape index (κ1) is 12.1. The third-order valence-corrected chi connectivity index (χ3v) is 1.64. The van der Waals surface area contributed by atoms with Crippen LogP contribution in [-0.4, -0.2) is 30.2 Å². The predicted octanol–water partition coefficient (Wildman–Crippen LogP) is 0.225. The van der Waals surface area contributed by atoms with Crippen molar-refractivity contribution >= 4 is 16.4 Å². The van der Waals surface area contributed by atoms with E-state index in [0.29, 0.717) is 0 Å². The largest absolute Gasteiger partial charge is 0.478 e. The highest BCUT2D eigenvalue weighted by atomic mass is 32.3. The summed E-state index contributed by atoms with van der Waals surface area (Å²) in [6, 6.07) is 0. The molecule has 0 aromatic rings. The van der Waals surface area contributed by atoms with Crippen LogP contribution in [-0.2, 0) is 19.4 Å². The summed E-state index contributed by atoms with van der Waals surface area (Å²) in [6.45, 7) is 2.58.